The average Bonchev–Trinajstić information content (AvgIpc) is 2.92. The van der Waals surface area contributed by atoms with Gasteiger partial charge in [0, 0.05) is 25.6 Å². The summed E-state index contributed by atoms with van der Waals surface area (Å²) in [6, 6.07) is 0. The Labute approximate surface area is 124 Å². The first kappa shape index (κ1) is 15.0. The standard InChI is InChI=1S/C14H24BrN3O/c1-4-6-16-9-14(5-7-19-10-14)8-12-13(15)11(2)17-18(12)3/h16H,4-10H2,1-3H3. The second-order valence-corrected chi connectivity index (χ2v) is 6.42. The lowest BCUT2D eigenvalue weighted by Crippen LogP contribution is -2.37. The largest absolute Gasteiger partial charge is 0.381 e. The number of ether oxygens (including phenoxy) is 1. The first-order valence-electron chi connectivity index (χ1n) is 7.04. The topological polar surface area (TPSA) is 39.1 Å². The van der Waals surface area contributed by atoms with Gasteiger partial charge in [0.05, 0.1) is 22.5 Å². The van der Waals surface area contributed by atoms with E-state index in [1.165, 1.54) is 12.1 Å². The Hall–Kier alpha value is -0.390. The molecule has 0 aromatic carbocycles. The summed E-state index contributed by atoms with van der Waals surface area (Å²) >= 11 is 3.67. The number of halogens is 1. The van der Waals surface area contributed by atoms with Crippen molar-refractivity contribution in [3.8, 4) is 0 Å². The Balaban J connectivity index is 2.11. The Kier molecular flexibility index (Phi) is 5.03. The van der Waals surface area contributed by atoms with E-state index in [0.717, 1.165) is 49.3 Å². The van der Waals surface area contributed by atoms with Crippen molar-refractivity contribution in [1.82, 2.24) is 15.1 Å². The average molecular weight is 330 g/mol. The monoisotopic (exact) mass is 329 g/mol. The molecule has 4 nitrogen and oxygen atoms in total. The minimum absolute atomic E-state index is 0.220. The van der Waals surface area contributed by atoms with E-state index >= 15 is 0 Å². The van der Waals surface area contributed by atoms with Gasteiger partial charge in [0.25, 0.3) is 0 Å². The van der Waals surface area contributed by atoms with Gasteiger partial charge in [-0.25, -0.2) is 0 Å². The smallest absolute Gasteiger partial charge is 0.0738 e. The molecule has 1 aromatic rings. The summed E-state index contributed by atoms with van der Waals surface area (Å²) in [7, 11) is 2.02. The van der Waals surface area contributed by atoms with Gasteiger partial charge in [-0.3, -0.25) is 4.68 Å². The summed E-state index contributed by atoms with van der Waals surface area (Å²) in [5, 5.41) is 8.05. The third kappa shape index (κ3) is 3.38. The molecule has 0 radical (unpaired) electrons. The first-order valence-corrected chi connectivity index (χ1v) is 7.84. The van der Waals surface area contributed by atoms with Crippen LogP contribution in [-0.4, -0.2) is 36.1 Å². The summed E-state index contributed by atoms with van der Waals surface area (Å²) in [4.78, 5) is 0. The van der Waals surface area contributed by atoms with Crippen molar-refractivity contribution >= 4 is 15.9 Å². The van der Waals surface area contributed by atoms with Crippen molar-refractivity contribution in [1.29, 1.82) is 0 Å². The zero-order valence-corrected chi connectivity index (χ0v) is 13.7. The fourth-order valence-corrected chi connectivity index (χ4v) is 3.22. The molecule has 1 N–H and O–H groups in total. The van der Waals surface area contributed by atoms with Crippen LogP contribution in [0.5, 0.6) is 0 Å². The highest BCUT2D eigenvalue weighted by atomic mass is 79.9. The molecule has 108 valence electrons. The summed E-state index contributed by atoms with van der Waals surface area (Å²) in [5.74, 6) is 0. The minimum atomic E-state index is 0.220. The molecule has 0 amide bonds. The van der Waals surface area contributed by atoms with E-state index in [1.54, 1.807) is 0 Å². The van der Waals surface area contributed by atoms with Crippen LogP contribution in [0.1, 0.15) is 31.2 Å². The highest BCUT2D eigenvalue weighted by Gasteiger charge is 2.36. The summed E-state index contributed by atoms with van der Waals surface area (Å²) < 4.78 is 8.81. The Morgan fingerprint density at radius 3 is 2.84 bits per heavy atom. The fourth-order valence-electron chi connectivity index (χ4n) is 2.75. The van der Waals surface area contributed by atoms with Crippen LogP contribution in [0.15, 0.2) is 4.47 Å². The highest BCUT2D eigenvalue weighted by Crippen LogP contribution is 2.35. The van der Waals surface area contributed by atoms with Crippen LogP contribution in [0, 0.1) is 12.3 Å². The maximum Gasteiger partial charge on any atom is 0.0738 e. The number of rotatable bonds is 6. The molecule has 0 spiro atoms. The molecule has 1 aliphatic heterocycles. The van der Waals surface area contributed by atoms with Crippen LogP contribution >= 0.6 is 15.9 Å². The molecule has 1 saturated heterocycles. The van der Waals surface area contributed by atoms with Crippen LogP contribution in [0.2, 0.25) is 0 Å². The summed E-state index contributed by atoms with van der Waals surface area (Å²) in [6.07, 6.45) is 3.31. The predicted molar refractivity (Wildman–Crippen MR) is 80.4 cm³/mol. The van der Waals surface area contributed by atoms with Crippen molar-refractivity contribution in [2.75, 3.05) is 26.3 Å². The molecule has 1 atom stereocenters. The van der Waals surface area contributed by atoms with Crippen LogP contribution in [-0.2, 0) is 18.2 Å². The number of hydrogen-bond donors (Lipinski definition) is 1. The number of aromatic nitrogens is 2. The van der Waals surface area contributed by atoms with Crippen molar-refractivity contribution in [2.45, 2.75) is 33.1 Å². The lowest BCUT2D eigenvalue weighted by molar-refractivity contribution is 0.148. The number of hydrogen-bond acceptors (Lipinski definition) is 3. The molecular formula is C14H24BrN3O. The van der Waals surface area contributed by atoms with Gasteiger partial charge in [-0.15, -0.1) is 0 Å². The zero-order chi connectivity index (χ0) is 13.9. The molecule has 1 fully saturated rings. The normalized spacial score (nSPS) is 23.2. The molecule has 1 unspecified atom stereocenters. The maximum absolute atomic E-state index is 5.66. The van der Waals surface area contributed by atoms with Gasteiger partial charge in [-0.1, -0.05) is 6.92 Å². The molecule has 5 heteroatoms. The van der Waals surface area contributed by atoms with Gasteiger partial charge in [-0.2, -0.15) is 5.10 Å². The Morgan fingerprint density at radius 2 is 2.32 bits per heavy atom. The van der Waals surface area contributed by atoms with Crippen molar-refractivity contribution in [2.24, 2.45) is 12.5 Å². The van der Waals surface area contributed by atoms with Gasteiger partial charge in [0.1, 0.15) is 0 Å². The van der Waals surface area contributed by atoms with Gasteiger partial charge in [0.2, 0.25) is 0 Å². The second-order valence-electron chi connectivity index (χ2n) is 5.63. The van der Waals surface area contributed by atoms with Gasteiger partial charge < -0.3 is 10.1 Å². The van der Waals surface area contributed by atoms with E-state index in [2.05, 4.69) is 33.3 Å². The molecule has 2 heterocycles. The quantitative estimate of drug-likeness (QED) is 0.815. The van der Waals surface area contributed by atoms with E-state index in [-0.39, 0.29) is 5.41 Å². The van der Waals surface area contributed by atoms with E-state index < -0.39 is 0 Å². The summed E-state index contributed by atoms with van der Waals surface area (Å²) in [6.45, 7) is 8.07. The van der Waals surface area contributed by atoms with Crippen molar-refractivity contribution < 1.29 is 4.74 Å². The molecule has 0 bridgehead atoms. The van der Waals surface area contributed by atoms with Gasteiger partial charge in [0.15, 0.2) is 0 Å². The molecule has 19 heavy (non-hydrogen) atoms. The Morgan fingerprint density at radius 1 is 1.53 bits per heavy atom. The lowest BCUT2D eigenvalue weighted by Gasteiger charge is -2.28. The van der Waals surface area contributed by atoms with E-state index in [1.807, 2.05) is 18.7 Å². The van der Waals surface area contributed by atoms with Crippen LogP contribution in [0.3, 0.4) is 0 Å². The predicted octanol–water partition coefficient (Wildman–Crippen LogP) is 2.44. The second kappa shape index (κ2) is 6.37. The minimum Gasteiger partial charge on any atom is -0.381 e. The highest BCUT2D eigenvalue weighted by molar-refractivity contribution is 9.10. The fraction of sp³-hybridized carbons (Fsp3) is 0.786. The lowest BCUT2D eigenvalue weighted by atomic mass is 9.82. The summed E-state index contributed by atoms with van der Waals surface area (Å²) in [5.41, 5.74) is 2.56. The van der Waals surface area contributed by atoms with Crippen LogP contribution in [0.4, 0.5) is 0 Å². The zero-order valence-electron chi connectivity index (χ0n) is 12.1. The first-order chi connectivity index (χ1) is 9.08. The molecular weight excluding hydrogens is 306 g/mol. The molecule has 0 aliphatic carbocycles. The maximum atomic E-state index is 5.66. The van der Waals surface area contributed by atoms with E-state index in [9.17, 15) is 0 Å². The van der Waals surface area contributed by atoms with Gasteiger partial charge in [-0.05, 0) is 48.7 Å². The van der Waals surface area contributed by atoms with Crippen molar-refractivity contribution in [3.63, 3.8) is 0 Å². The van der Waals surface area contributed by atoms with Crippen molar-refractivity contribution in [3.05, 3.63) is 15.9 Å². The molecule has 2 rings (SSSR count). The molecule has 1 aromatic heterocycles. The third-order valence-corrected chi connectivity index (χ3v) is 4.95. The number of aryl methyl sites for hydroxylation is 2. The van der Waals surface area contributed by atoms with E-state index in [0.29, 0.717) is 0 Å². The van der Waals surface area contributed by atoms with Crippen LogP contribution in [0.25, 0.3) is 0 Å². The van der Waals surface area contributed by atoms with Crippen LogP contribution < -0.4 is 5.32 Å². The number of nitrogens with one attached hydrogen (secondary N) is 1. The molecule has 0 saturated carbocycles. The van der Waals surface area contributed by atoms with E-state index in [4.69, 9.17) is 4.74 Å². The Bertz CT molecular complexity index is 425. The van der Waals surface area contributed by atoms with Gasteiger partial charge >= 0.3 is 0 Å². The number of nitrogens with zero attached hydrogens (tertiary/aromatic N) is 2. The SMILES string of the molecule is CCCNCC1(Cc2c(Br)c(C)nn2C)CCOC1. The third-order valence-electron chi connectivity index (χ3n) is 3.92. The molecule has 1 aliphatic rings.